The van der Waals surface area contributed by atoms with Crippen LogP contribution in [0.15, 0.2) is 24.3 Å². The Morgan fingerprint density at radius 1 is 1.29 bits per heavy atom. The van der Waals surface area contributed by atoms with Gasteiger partial charge in [0.1, 0.15) is 12.0 Å². The van der Waals surface area contributed by atoms with Crippen molar-refractivity contribution in [3.8, 4) is 0 Å². The van der Waals surface area contributed by atoms with Gasteiger partial charge in [0.15, 0.2) is 0 Å². The molecule has 0 aromatic heterocycles. The molecular weight excluding hydrogens is 204 g/mol. The molecular formula is C9H10O4S. The van der Waals surface area contributed by atoms with Crippen LogP contribution in [0.2, 0.25) is 0 Å². The van der Waals surface area contributed by atoms with Crippen LogP contribution in [-0.4, -0.2) is 21.8 Å². The molecule has 0 atom stereocenters. The highest BCUT2D eigenvalue weighted by molar-refractivity contribution is 7.85. The Balaban J connectivity index is 2.84. The van der Waals surface area contributed by atoms with Crippen molar-refractivity contribution in [2.45, 2.75) is 5.75 Å². The molecule has 1 rings (SSSR count). The monoisotopic (exact) mass is 214 g/mol. The fraction of sp³-hybridized carbons (Fsp3) is 0.222. The summed E-state index contributed by atoms with van der Waals surface area (Å²) in [5.41, 5.74) is 1.11. The average Bonchev–Trinajstić information content (AvgIpc) is 2.19. The van der Waals surface area contributed by atoms with Crippen molar-refractivity contribution in [1.82, 2.24) is 0 Å². The van der Waals surface area contributed by atoms with Crippen molar-refractivity contribution < 1.29 is 17.4 Å². The van der Waals surface area contributed by atoms with Crippen LogP contribution in [0.3, 0.4) is 0 Å². The topological polar surface area (TPSA) is 60.4 Å². The van der Waals surface area contributed by atoms with Crippen LogP contribution in [0.1, 0.15) is 15.9 Å². The second kappa shape index (κ2) is 4.34. The van der Waals surface area contributed by atoms with Gasteiger partial charge >= 0.3 is 0 Å². The summed E-state index contributed by atoms with van der Waals surface area (Å²) < 4.78 is 26.4. The van der Waals surface area contributed by atoms with E-state index in [2.05, 4.69) is 4.18 Å². The normalized spacial score (nSPS) is 11.2. The van der Waals surface area contributed by atoms with E-state index in [1.165, 1.54) is 0 Å². The fourth-order valence-electron chi connectivity index (χ4n) is 0.955. The van der Waals surface area contributed by atoms with E-state index in [1.807, 2.05) is 0 Å². The van der Waals surface area contributed by atoms with Crippen molar-refractivity contribution in [2.75, 3.05) is 7.11 Å². The van der Waals surface area contributed by atoms with Crippen LogP contribution in [0.4, 0.5) is 0 Å². The number of rotatable bonds is 4. The van der Waals surface area contributed by atoms with Gasteiger partial charge in [-0.3, -0.25) is 8.98 Å². The minimum atomic E-state index is -3.48. The molecule has 0 aliphatic rings. The highest BCUT2D eigenvalue weighted by atomic mass is 32.2. The van der Waals surface area contributed by atoms with Crippen molar-refractivity contribution in [3.63, 3.8) is 0 Å². The Bertz CT molecular complexity index is 405. The van der Waals surface area contributed by atoms with Crippen molar-refractivity contribution in [1.29, 1.82) is 0 Å². The summed E-state index contributed by atoms with van der Waals surface area (Å²) in [6.07, 6.45) is 0.703. The molecule has 1 aromatic carbocycles. The molecule has 0 saturated heterocycles. The smallest absolute Gasteiger partial charge is 0.271 e. The van der Waals surface area contributed by atoms with Gasteiger partial charge in [-0.1, -0.05) is 24.3 Å². The average molecular weight is 214 g/mol. The summed E-state index contributed by atoms with van der Waals surface area (Å²) in [4.78, 5) is 10.3. The first kappa shape index (κ1) is 10.9. The summed E-state index contributed by atoms with van der Waals surface area (Å²) in [6.45, 7) is 0. The van der Waals surface area contributed by atoms with Gasteiger partial charge in [0.2, 0.25) is 0 Å². The van der Waals surface area contributed by atoms with E-state index in [1.54, 1.807) is 24.3 Å². The van der Waals surface area contributed by atoms with Crippen LogP contribution in [0.25, 0.3) is 0 Å². The zero-order valence-electron chi connectivity index (χ0n) is 7.64. The quantitative estimate of drug-likeness (QED) is 0.553. The Morgan fingerprint density at radius 2 is 1.86 bits per heavy atom. The number of hydrogen-bond acceptors (Lipinski definition) is 4. The molecule has 14 heavy (non-hydrogen) atoms. The third-order valence-corrected chi connectivity index (χ3v) is 2.91. The molecule has 4 nitrogen and oxygen atoms in total. The molecule has 5 heteroatoms. The van der Waals surface area contributed by atoms with Gasteiger partial charge in [0.05, 0.1) is 7.11 Å². The number of benzene rings is 1. The summed E-state index contributed by atoms with van der Waals surface area (Å²) >= 11 is 0. The lowest BCUT2D eigenvalue weighted by Crippen LogP contribution is -2.05. The van der Waals surface area contributed by atoms with Gasteiger partial charge in [0, 0.05) is 5.56 Å². The molecule has 0 aliphatic carbocycles. The van der Waals surface area contributed by atoms with E-state index >= 15 is 0 Å². The van der Waals surface area contributed by atoms with Gasteiger partial charge in [0.25, 0.3) is 10.1 Å². The third kappa shape index (κ3) is 2.93. The maximum atomic E-state index is 11.0. The van der Waals surface area contributed by atoms with E-state index in [4.69, 9.17) is 0 Å². The minimum absolute atomic E-state index is 0.178. The summed E-state index contributed by atoms with van der Waals surface area (Å²) in [5.74, 6) is -0.178. The van der Waals surface area contributed by atoms with Crippen LogP contribution in [0.5, 0.6) is 0 Å². The maximum Gasteiger partial charge on any atom is 0.271 e. The van der Waals surface area contributed by atoms with Gasteiger partial charge in [-0.05, 0) is 5.56 Å². The van der Waals surface area contributed by atoms with E-state index in [0.29, 0.717) is 17.4 Å². The molecule has 0 heterocycles. The second-order valence-electron chi connectivity index (χ2n) is 2.73. The molecule has 0 fully saturated rings. The molecule has 0 N–H and O–H groups in total. The van der Waals surface area contributed by atoms with Gasteiger partial charge in [-0.2, -0.15) is 8.42 Å². The lowest BCUT2D eigenvalue weighted by Gasteiger charge is -2.01. The Hall–Kier alpha value is -1.20. The highest BCUT2D eigenvalue weighted by Crippen LogP contribution is 2.07. The van der Waals surface area contributed by atoms with E-state index in [9.17, 15) is 13.2 Å². The van der Waals surface area contributed by atoms with E-state index in [0.717, 1.165) is 7.11 Å². The van der Waals surface area contributed by atoms with Crippen molar-refractivity contribution in [2.24, 2.45) is 0 Å². The Kier molecular flexibility index (Phi) is 3.38. The zero-order chi connectivity index (χ0) is 10.6. The van der Waals surface area contributed by atoms with Gasteiger partial charge < -0.3 is 0 Å². The Morgan fingerprint density at radius 3 is 2.29 bits per heavy atom. The number of aldehydes is 1. The van der Waals surface area contributed by atoms with Crippen LogP contribution < -0.4 is 0 Å². The largest absolute Gasteiger partial charge is 0.298 e. The lowest BCUT2D eigenvalue weighted by atomic mass is 10.2. The number of carbonyl (C=O) groups is 1. The van der Waals surface area contributed by atoms with Crippen LogP contribution >= 0.6 is 0 Å². The standard InChI is InChI=1S/C9H10O4S/c1-13-14(11,12)7-9-4-2-8(6-10)3-5-9/h2-6H,7H2,1H3. The summed E-state index contributed by atoms with van der Waals surface area (Å²) in [7, 11) is -2.36. The molecule has 1 aromatic rings. The maximum absolute atomic E-state index is 11.0. The zero-order valence-corrected chi connectivity index (χ0v) is 8.45. The van der Waals surface area contributed by atoms with Gasteiger partial charge in [-0.15, -0.1) is 0 Å². The van der Waals surface area contributed by atoms with Crippen molar-refractivity contribution in [3.05, 3.63) is 35.4 Å². The molecule has 0 saturated carbocycles. The first-order valence-corrected chi connectivity index (χ1v) is 5.47. The molecule has 0 unspecified atom stereocenters. The van der Waals surface area contributed by atoms with Crippen molar-refractivity contribution >= 4 is 16.4 Å². The molecule has 0 amide bonds. The lowest BCUT2D eigenvalue weighted by molar-refractivity contribution is 0.112. The molecule has 0 bridgehead atoms. The first-order valence-electron chi connectivity index (χ1n) is 3.90. The van der Waals surface area contributed by atoms with Gasteiger partial charge in [-0.25, -0.2) is 0 Å². The van der Waals surface area contributed by atoms with Crippen LogP contribution in [0, 0.1) is 0 Å². The summed E-state index contributed by atoms with van der Waals surface area (Å²) in [6, 6.07) is 6.29. The molecule has 0 radical (unpaired) electrons. The molecule has 76 valence electrons. The second-order valence-corrected chi connectivity index (χ2v) is 4.47. The SMILES string of the molecule is COS(=O)(=O)Cc1ccc(C=O)cc1. The van der Waals surface area contributed by atoms with E-state index in [-0.39, 0.29) is 5.75 Å². The first-order chi connectivity index (χ1) is 6.57. The Labute approximate surface area is 82.6 Å². The predicted octanol–water partition coefficient (Wildman–Crippen LogP) is 0.975. The van der Waals surface area contributed by atoms with Crippen LogP contribution in [-0.2, 0) is 20.1 Å². The summed E-state index contributed by atoms with van der Waals surface area (Å²) in [5, 5.41) is 0. The highest BCUT2D eigenvalue weighted by Gasteiger charge is 2.09. The predicted molar refractivity (Wildman–Crippen MR) is 51.5 cm³/mol. The van der Waals surface area contributed by atoms with E-state index < -0.39 is 10.1 Å². The minimum Gasteiger partial charge on any atom is -0.298 e. The number of carbonyl (C=O) groups excluding carboxylic acids is 1. The number of hydrogen-bond donors (Lipinski definition) is 0. The third-order valence-electron chi connectivity index (χ3n) is 1.71. The fourth-order valence-corrected chi connectivity index (χ4v) is 1.67. The molecule has 0 aliphatic heterocycles. The molecule has 0 spiro atoms.